The third kappa shape index (κ3) is 1.58. The molecule has 11 heavy (non-hydrogen) atoms. The molecule has 0 spiro atoms. The maximum atomic E-state index is 5.45. The van der Waals surface area contributed by atoms with Gasteiger partial charge in [-0.05, 0) is 0 Å². The van der Waals surface area contributed by atoms with Crippen molar-refractivity contribution in [1.29, 1.82) is 0 Å². The largest absolute Gasteiger partial charge is 0.376 e. The van der Waals surface area contributed by atoms with Crippen molar-refractivity contribution in [3.8, 4) is 0 Å². The minimum absolute atomic E-state index is 0.0729. The summed E-state index contributed by atoms with van der Waals surface area (Å²) < 4.78 is 10.7. The second-order valence-corrected chi connectivity index (χ2v) is 3.23. The van der Waals surface area contributed by atoms with E-state index in [1.807, 2.05) is 5.38 Å². The van der Waals surface area contributed by atoms with Crippen molar-refractivity contribution in [2.45, 2.75) is 6.10 Å². The van der Waals surface area contributed by atoms with Crippen molar-refractivity contribution in [3.63, 3.8) is 0 Å². The van der Waals surface area contributed by atoms with Crippen LogP contribution in [0.3, 0.4) is 0 Å². The zero-order chi connectivity index (χ0) is 7.52. The van der Waals surface area contributed by atoms with Crippen LogP contribution in [0.25, 0.3) is 0 Å². The fourth-order valence-corrected chi connectivity index (χ4v) is 1.69. The SMILES string of the molecule is c1csc(C2COCCO2)n1. The number of aromatic nitrogens is 1. The molecule has 1 aliphatic rings. The fraction of sp³-hybridized carbons (Fsp3) is 0.571. The number of rotatable bonds is 1. The summed E-state index contributed by atoms with van der Waals surface area (Å²) in [5.41, 5.74) is 0. The van der Waals surface area contributed by atoms with E-state index >= 15 is 0 Å². The average Bonchev–Trinajstić information content (AvgIpc) is 2.58. The maximum absolute atomic E-state index is 5.45. The molecule has 3 nitrogen and oxygen atoms in total. The van der Waals surface area contributed by atoms with E-state index in [0.717, 1.165) is 5.01 Å². The van der Waals surface area contributed by atoms with Gasteiger partial charge in [-0.2, -0.15) is 0 Å². The van der Waals surface area contributed by atoms with Gasteiger partial charge in [0.2, 0.25) is 0 Å². The third-order valence-corrected chi connectivity index (χ3v) is 2.41. The highest BCUT2D eigenvalue weighted by Crippen LogP contribution is 2.21. The van der Waals surface area contributed by atoms with E-state index in [4.69, 9.17) is 9.47 Å². The van der Waals surface area contributed by atoms with Crippen LogP contribution in [0.1, 0.15) is 11.1 Å². The summed E-state index contributed by atoms with van der Waals surface area (Å²) in [5.74, 6) is 0. The molecule has 0 aliphatic carbocycles. The molecule has 1 fully saturated rings. The van der Waals surface area contributed by atoms with E-state index < -0.39 is 0 Å². The first-order chi connectivity index (χ1) is 5.47. The van der Waals surface area contributed by atoms with Crippen LogP contribution in [0.4, 0.5) is 0 Å². The molecule has 1 aromatic rings. The number of nitrogens with zero attached hydrogens (tertiary/aromatic N) is 1. The number of thiazole rings is 1. The van der Waals surface area contributed by atoms with Crippen LogP contribution in [0, 0.1) is 0 Å². The molecule has 1 atom stereocenters. The Labute approximate surface area is 69.0 Å². The average molecular weight is 171 g/mol. The molecular weight excluding hydrogens is 162 g/mol. The molecule has 60 valence electrons. The molecule has 0 bridgehead atoms. The normalized spacial score (nSPS) is 25.3. The van der Waals surface area contributed by atoms with Crippen molar-refractivity contribution in [1.82, 2.24) is 4.98 Å². The molecule has 2 rings (SSSR count). The van der Waals surface area contributed by atoms with Crippen molar-refractivity contribution in [3.05, 3.63) is 16.6 Å². The van der Waals surface area contributed by atoms with Crippen LogP contribution in [-0.4, -0.2) is 24.8 Å². The number of ether oxygens (including phenoxy) is 2. The summed E-state index contributed by atoms with van der Waals surface area (Å²) in [6, 6.07) is 0. The lowest BCUT2D eigenvalue weighted by atomic mass is 10.4. The van der Waals surface area contributed by atoms with Crippen LogP contribution < -0.4 is 0 Å². The molecule has 0 aromatic carbocycles. The van der Waals surface area contributed by atoms with Gasteiger partial charge in [0, 0.05) is 11.6 Å². The summed E-state index contributed by atoms with van der Waals surface area (Å²) >= 11 is 1.61. The standard InChI is InChI=1S/C7H9NO2S/c1-4-11-7(8-1)6-5-9-2-3-10-6/h1,4,6H,2-3,5H2. The van der Waals surface area contributed by atoms with E-state index in [1.165, 1.54) is 0 Å². The highest BCUT2D eigenvalue weighted by molar-refractivity contribution is 7.09. The Kier molecular flexibility index (Phi) is 2.16. The summed E-state index contributed by atoms with van der Waals surface area (Å²) in [6.45, 7) is 2.04. The molecule has 1 aliphatic heterocycles. The Balaban J connectivity index is 2.04. The zero-order valence-electron chi connectivity index (χ0n) is 6.03. The van der Waals surface area contributed by atoms with Crippen molar-refractivity contribution < 1.29 is 9.47 Å². The van der Waals surface area contributed by atoms with Crippen LogP contribution in [0.15, 0.2) is 11.6 Å². The number of hydrogen-bond acceptors (Lipinski definition) is 4. The van der Waals surface area contributed by atoms with Gasteiger partial charge in [0.15, 0.2) is 0 Å². The molecule has 0 radical (unpaired) electrons. The van der Waals surface area contributed by atoms with Gasteiger partial charge in [-0.25, -0.2) is 4.98 Å². The Morgan fingerprint density at radius 3 is 3.18 bits per heavy atom. The minimum Gasteiger partial charge on any atom is -0.376 e. The molecule has 0 amide bonds. The van der Waals surface area contributed by atoms with Gasteiger partial charge in [0.25, 0.3) is 0 Å². The minimum atomic E-state index is 0.0729. The van der Waals surface area contributed by atoms with E-state index in [-0.39, 0.29) is 6.10 Å². The molecule has 4 heteroatoms. The quantitative estimate of drug-likeness (QED) is 0.637. The van der Waals surface area contributed by atoms with Gasteiger partial charge >= 0.3 is 0 Å². The van der Waals surface area contributed by atoms with Gasteiger partial charge in [-0.15, -0.1) is 11.3 Å². The lowest BCUT2D eigenvalue weighted by Crippen LogP contribution is -2.21. The molecule has 0 saturated carbocycles. The first kappa shape index (κ1) is 7.21. The predicted octanol–water partition coefficient (Wildman–Crippen LogP) is 1.23. The molecule has 0 N–H and O–H groups in total. The predicted molar refractivity (Wildman–Crippen MR) is 41.6 cm³/mol. The van der Waals surface area contributed by atoms with Crippen LogP contribution in [0.2, 0.25) is 0 Å². The number of hydrogen-bond donors (Lipinski definition) is 0. The lowest BCUT2D eigenvalue weighted by Gasteiger charge is -2.20. The highest BCUT2D eigenvalue weighted by atomic mass is 32.1. The summed E-state index contributed by atoms with van der Waals surface area (Å²) in [5, 5.41) is 2.97. The maximum Gasteiger partial charge on any atom is 0.132 e. The van der Waals surface area contributed by atoms with Gasteiger partial charge in [0.1, 0.15) is 11.1 Å². The van der Waals surface area contributed by atoms with Crippen LogP contribution in [0.5, 0.6) is 0 Å². The third-order valence-electron chi connectivity index (χ3n) is 1.54. The monoisotopic (exact) mass is 171 g/mol. The summed E-state index contributed by atoms with van der Waals surface area (Å²) in [6.07, 6.45) is 1.86. The van der Waals surface area contributed by atoms with Gasteiger partial charge in [0.05, 0.1) is 19.8 Å². The van der Waals surface area contributed by atoms with E-state index in [1.54, 1.807) is 17.5 Å². The van der Waals surface area contributed by atoms with Crippen molar-refractivity contribution in [2.75, 3.05) is 19.8 Å². The first-order valence-corrected chi connectivity index (χ1v) is 4.43. The van der Waals surface area contributed by atoms with E-state index in [0.29, 0.717) is 19.8 Å². The molecule has 1 saturated heterocycles. The molecular formula is C7H9NO2S. The Bertz CT molecular complexity index is 206. The van der Waals surface area contributed by atoms with E-state index in [9.17, 15) is 0 Å². The molecule has 2 heterocycles. The molecule has 1 unspecified atom stereocenters. The second kappa shape index (κ2) is 3.30. The Morgan fingerprint density at radius 1 is 1.55 bits per heavy atom. The Hall–Kier alpha value is -0.450. The lowest BCUT2D eigenvalue weighted by molar-refractivity contribution is -0.0901. The van der Waals surface area contributed by atoms with Gasteiger partial charge in [-0.1, -0.05) is 0 Å². The highest BCUT2D eigenvalue weighted by Gasteiger charge is 2.18. The summed E-state index contributed by atoms with van der Waals surface area (Å²) in [4.78, 5) is 4.15. The molecule has 1 aromatic heterocycles. The second-order valence-electron chi connectivity index (χ2n) is 2.30. The topological polar surface area (TPSA) is 31.4 Å². The van der Waals surface area contributed by atoms with Crippen LogP contribution >= 0.6 is 11.3 Å². The fourth-order valence-electron chi connectivity index (χ4n) is 1.02. The summed E-state index contributed by atoms with van der Waals surface area (Å²) in [7, 11) is 0. The zero-order valence-corrected chi connectivity index (χ0v) is 6.84. The van der Waals surface area contributed by atoms with Crippen LogP contribution in [-0.2, 0) is 9.47 Å². The van der Waals surface area contributed by atoms with Gasteiger partial charge in [-0.3, -0.25) is 0 Å². The van der Waals surface area contributed by atoms with Crippen molar-refractivity contribution in [2.24, 2.45) is 0 Å². The Morgan fingerprint density at radius 2 is 2.55 bits per heavy atom. The first-order valence-electron chi connectivity index (χ1n) is 3.55. The van der Waals surface area contributed by atoms with Crippen molar-refractivity contribution >= 4 is 11.3 Å². The smallest absolute Gasteiger partial charge is 0.132 e. The van der Waals surface area contributed by atoms with E-state index in [2.05, 4.69) is 4.98 Å². The van der Waals surface area contributed by atoms with Gasteiger partial charge < -0.3 is 9.47 Å².